The Balaban J connectivity index is 2.48. The van der Waals surface area contributed by atoms with Crippen LogP contribution < -0.4 is 0 Å². The van der Waals surface area contributed by atoms with E-state index in [0.29, 0.717) is 11.1 Å². The van der Waals surface area contributed by atoms with E-state index in [-0.39, 0.29) is 0 Å². The lowest BCUT2D eigenvalue weighted by Crippen LogP contribution is -2.06. The second-order valence-corrected chi connectivity index (χ2v) is 4.66. The molecule has 0 radical (unpaired) electrons. The van der Waals surface area contributed by atoms with Crippen LogP contribution in [0.15, 0.2) is 16.7 Å². The largest absolute Gasteiger partial charge is 0.453 e. The minimum atomic E-state index is -0.493. The van der Waals surface area contributed by atoms with Crippen LogP contribution in [-0.4, -0.2) is 5.11 Å². The highest BCUT2D eigenvalue weighted by Gasteiger charge is 2.18. The summed E-state index contributed by atoms with van der Waals surface area (Å²) in [5, 5.41) is 10.4. The van der Waals surface area contributed by atoms with Gasteiger partial charge in [-0.1, -0.05) is 39.5 Å². The van der Waals surface area contributed by atoms with Crippen LogP contribution in [0.25, 0.3) is 0 Å². The molecule has 0 aliphatic rings. The average molecular weight is 245 g/mol. The molecular weight excluding hydrogens is 224 g/mol. The Labute approximate surface area is 103 Å². The zero-order valence-electron chi connectivity index (χ0n) is 10.1. The highest BCUT2D eigenvalue weighted by atomic mass is 35.5. The molecule has 3 heteroatoms. The topological polar surface area (TPSA) is 33.4 Å². The number of rotatable bonds is 7. The Bertz CT molecular complexity index is 296. The fourth-order valence-corrected chi connectivity index (χ4v) is 2.21. The third-order valence-corrected chi connectivity index (χ3v) is 3.41. The van der Waals surface area contributed by atoms with E-state index in [2.05, 4.69) is 13.8 Å². The molecule has 92 valence electrons. The van der Waals surface area contributed by atoms with Crippen LogP contribution in [0.3, 0.4) is 0 Å². The molecule has 1 rings (SSSR count). The number of hydrogen-bond acceptors (Lipinski definition) is 2. The number of halogens is 1. The third-order valence-electron chi connectivity index (χ3n) is 3.10. The standard InChI is InChI=1S/C13H21ClO2/c1-3-5-6-10(4-2)9-12(15)11-7-8-16-13(11)14/h7-8,10,12,15H,3-6,9H2,1-2H3. The first-order valence-corrected chi connectivity index (χ1v) is 6.47. The molecule has 0 saturated carbocycles. The Kier molecular flexibility index (Phi) is 5.93. The van der Waals surface area contributed by atoms with Crippen molar-refractivity contribution in [1.82, 2.24) is 0 Å². The summed E-state index contributed by atoms with van der Waals surface area (Å²) in [6.45, 7) is 4.36. The first-order chi connectivity index (χ1) is 7.69. The van der Waals surface area contributed by atoms with Gasteiger partial charge in [-0.05, 0) is 30.0 Å². The maximum Gasteiger partial charge on any atom is 0.198 e. The van der Waals surface area contributed by atoms with Crippen molar-refractivity contribution < 1.29 is 9.52 Å². The normalized spacial score (nSPS) is 15.0. The molecule has 2 nitrogen and oxygen atoms in total. The lowest BCUT2D eigenvalue weighted by atomic mass is 9.91. The SMILES string of the molecule is CCCCC(CC)CC(O)c1ccoc1Cl. The van der Waals surface area contributed by atoms with Crippen molar-refractivity contribution in [2.24, 2.45) is 5.92 Å². The summed E-state index contributed by atoms with van der Waals surface area (Å²) in [4.78, 5) is 0. The van der Waals surface area contributed by atoms with Crippen molar-refractivity contribution in [3.8, 4) is 0 Å². The maximum atomic E-state index is 10.0. The van der Waals surface area contributed by atoms with Crippen molar-refractivity contribution >= 4 is 11.6 Å². The highest BCUT2D eigenvalue weighted by molar-refractivity contribution is 6.29. The third kappa shape index (κ3) is 3.84. The van der Waals surface area contributed by atoms with Crippen LogP contribution in [-0.2, 0) is 0 Å². The lowest BCUT2D eigenvalue weighted by molar-refractivity contribution is 0.138. The quantitative estimate of drug-likeness (QED) is 0.762. The Hall–Kier alpha value is -0.470. The molecule has 1 aromatic rings. The molecule has 2 atom stereocenters. The summed E-state index contributed by atoms with van der Waals surface area (Å²) in [7, 11) is 0. The molecular formula is C13H21ClO2. The van der Waals surface area contributed by atoms with E-state index in [1.165, 1.54) is 25.5 Å². The van der Waals surface area contributed by atoms with E-state index in [9.17, 15) is 5.11 Å². The van der Waals surface area contributed by atoms with Gasteiger partial charge in [0.05, 0.1) is 12.4 Å². The van der Waals surface area contributed by atoms with Crippen LogP contribution >= 0.6 is 11.6 Å². The van der Waals surface area contributed by atoms with Gasteiger partial charge in [-0.15, -0.1) is 0 Å². The van der Waals surface area contributed by atoms with Crippen LogP contribution in [0.2, 0.25) is 5.22 Å². The monoisotopic (exact) mass is 244 g/mol. The minimum absolute atomic E-state index is 0.317. The highest BCUT2D eigenvalue weighted by Crippen LogP contribution is 2.31. The number of hydrogen-bond donors (Lipinski definition) is 1. The summed E-state index contributed by atoms with van der Waals surface area (Å²) < 4.78 is 4.99. The molecule has 0 aliphatic heterocycles. The minimum Gasteiger partial charge on any atom is -0.453 e. The second kappa shape index (κ2) is 6.97. The number of aliphatic hydroxyl groups excluding tert-OH is 1. The van der Waals surface area contributed by atoms with Crippen molar-refractivity contribution in [2.45, 2.75) is 52.1 Å². The summed E-state index contributed by atoms with van der Waals surface area (Å²) in [6.07, 6.45) is 6.52. The molecule has 0 amide bonds. The molecule has 2 unspecified atom stereocenters. The molecule has 1 aromatic heterocycles. The van der Waals surface area contributed by atoms with Gasteiger partial charge in [0.15, 0.2) is 5.22 Å². The molecule has 0 aliphatic carbocycles. The van der Waals surface area contributed by atoms with Gasteiger partial charge in [0.2, 0.25) is 0 Å². The van der Waals surface area contributed by atoms with Crippen molar-refractivity contribution in [3.05, 3.63) is 23.1 Å². The van der Waals surface area contributed by atoms with Gasteiger partial charge in [-0.25, -0.2) is 0 Å². The van der Waals surface area contributed by atoms with E-state index in [0.717, 1.165) is 18.4 Å². The van der Waals surface area contributed by atoms with E-state index >= 15 is 0 Å². The Morgan fingerprint density at radius 1 is 1.44 bits per heavy atom. The second-order valence-electron chi connectivity index (χ2n) is 4.32. The van der Waals surface area contributed by atoms with Gasteiger partial charge in [0, 0.05) is 5.56 Å². The predicted octanol–water partition coefficient (Wildman–Crippen LogP) is 4.57. The van der Waals surface area contributed by atoms with Gasteiger partial charge in [0.25, 0.3) is 0 Å². The van der Waals surface area contributed by atoms with Crippen LogP contribution in [0.4, 0.5) is 0 Å². The first-order valence-electron chi connectivity index (χ1n) is 6.09. The Morgan fingerprint density at radius 2 is 2.19 bits per heavy atom. The van der Waals surface area contributed by atoms with Crippen LogP contribution in [0, 0.1) is 5.92 Å². The van der Waals surface area contributed by atoms with Gasteiger partial charge in [-0.2, -0.15) is 0 Å². The van der Waals surface area contributed by atoms with Crippen molar-refractivity contribution in [1.29, 1.82) is 0 Å². The zero-order valence-corrected chi connectivity index (χ0v) is 10.8. The molecule has 0 saturated heterocycles. The van der Waals surface area contributed by atoms with E-state index in [4.69, 9.17) is 16.0 Å². The zero-order chi connectivity index (χ0) is 12.0. The summed E-state index contributed by atoms with van der Waals surface area (Å²) in [6, 6.07) is 1.75. The number of unbranched alkanes of at least 4 members (excludes halogenated alkanes) is 1. The maximum absolute atomic E-state index is 10.0. The molecule has 1 heterocycles. The number of furan rings is 1. The fourth-order valence-electron chi connectivity index (χ4n) is 1.97. The molecule has 0 fully saturated rings. The van der Waals surface area contributed by atoms with E-state index < -0.39 is 6.10 Å². The van der Waals surface area contributed by atoms with Gasteiger partial charge < -0.3 is 9.52 Å². The molecule has 0 aromatic carbocycles. The van der Waals surface area contributed by atoms with Gasteiger partial charge in [-0.3, -0.25) is 0 Å². The van der Waals surface area contributed by atoms with Gasteiger partial charge in [0.1, 0.15) is 0 Å². The Morgan fingerprint density at radius 3 is 2.69 bits per heavy atom. The molecule has 16 heavy (non-hydrogen) atoms. The lowest BCUT2D eigenvalue weighted by Gasteiger charge is -2.18. The molecule has 0 bridgehead atoms. The van der Waals surface area contributed by atoms with Gasteiger partial charge >= 0.3 is 0 Å². The average Bonchev–Trinajstić information content (AvgIpc) is 2.70. The fraction of sp³-hybridized carbons (Fsp3) is 0.692. The summed E-state index contributed by atoms with van der Waals surface area (Å²) in [5.74, 6) is 0.570. The van der Waals surface area contributed by atoms with E-state index in [1.54, 1.807) is 6.07 Å². The molecule has 0 spiro atoms. The van der Waals surface area contributed by atoms with Crippen molar-refractivity contribution in [2.75, 3.05) is 0 Å². The first kappa shape index (κ1) is 13.6. The summed E-state index contributed by atoms with van der Waals surface area (Å²) >= 11 is 5.84. The van der Waals surface area contributed by atoms with Crippen LogP contribution in [0.5, 0.6) is 0 Å². The number of aliphatic hydroxyl groups is 1. The van der Waals surface area contributed by atoms with E-state index in [1.807, 2.05) is 0 Å². The van der Waals surface area contributed by atoms with Crippen molar-refractivity contribution in [3.63, 3.8) is 0 Å². The smallest absolute Gasteiger partial charge is 0.198 e. The van der Waals surface area contributed by atoms with Crippen LogP contribution in [0.1, 0.15) is 57.6 Å². The predicted molar refractivity (Wildman–Crippen MR) is 66.6 cm³/mol. The molecule has 1 N–H and O–H groups in total. The summed E-state index contributed by atoms with van der Waals surface area (Å²) in [5.41, 5.74) is 0.719.